The monoisotopic (exact) mass is 390 g/mol. The van der Waals surface area contributed by atoms with Crippen molar-refractivity contribution < 1.29 is 24.1 Å². The molecule has 154 valence electrons. The van der Waals surface area contributed by atoms with Gasteiger partial charge in [0.15, 0.2) is 6.54 Å². The molecule has 0 spiro atoms. The molecule has 7 nitrogen and oxygen atoms in total. The highest BCUT2D eigenvalue weighted by molar-refractivity contribution is 5.84. The number of fused-ring (bicyclic) bond motifs is 1. The Hall–Kier alpha value is -2.12. The Labute approximate surface area is 167 Å². The van der Waals surface area contributed by atoms with Crippen LogP contribution in [-0.2, 0) is 22.6 Å². The molecule has 2 amide bonds. The minimum absolute atomic E-state index is 0.0451. The van der Waals surface area contributed by atoms with Crippen LogP contribution in [0.2, 0.25) is 0 Å². The van der Waals surface area contributed by atoms with Crippen molar-refractivity contribution in [3.8, 4) is 5.75 Å². The van der Waals surface area contributed by atoms with Crippen molar-refractivity contribution >= 4 is 11.8 Å². The van der Waals surface area contributed by atoms with Crippen molar-refractivity contribution in [1.29, 1.82) is 0 Å². The van der Waals surface area contributed by atoms with Crippen LogP contribution in [0.15, 0.2) is 18.2 Å². The highest BCUT2D eigenvalue weighted by atomic mass is 16.5. The number of hydrogen-bond acceptors (Lipinski definition) is 3. The molecule has 0 aliphatic carbocycles. The van der Waals surface area contributed by atoms with E-state index in [1.54, 1.807) is 16.8 Å². The van der Waals surface area contributed by atoms with Crippen LogP contribution in [0.4, 0.5) is 0 Å². The van der Waals surface area contributed by atoms with E-state index in [-0.39, 0.29) is 18.4 Å². The van der Waals surface area contributed by atoms with Gasteiger partial charge in [0.05, 0.1) is 13.2 Å². The largest absolute Gasteiger partial charge is 0.493 e. The molecule has 1 aromatic rings. The van der Waals surface area contributed by atoms with Crippen molar-refractivity contribution in [2.75, 3.05) is 59.5 Å². The summed E-state index contributed by atoms with van der Waals surface area (Å²) in [6.45, 7) is 9.24. The first-order valence-corrected chi connectivity index (χ1v) is 10.5. The molecule has 0 bridgehead atoms. The van der Waals surface area contributed by atoms with Crippen molar-refractivity contribution in [3.05, 3.63) is 29.3 Å². The molecule has 2 aliphatic rings. The number of amides is 2. The fourth-order valence-corrected chi connectivity index (χ4v) is 3.92. The van der Waals surface area contributed by atoms with E-state index in [2.05, 4.69) is 23.5 Å². The summed E-state index contributed by atoms with van der Waals surface area (Å²) in [5.41, 5.74) is 2.70. The van der Waals surface area contributed by atoms with Crippen LogP contribution in [0.1, 0.15) is 24.5 Å². The second kappa shape index (κ2) is 9.89. The van der Waals surface area contributed by atoms with E-state index in [0.29, 0.717) is 13.1 Å². The number of nitrogens with one attached hydrogen (secondary N) is 3. The zero-order valence-corrected chi connectivity index (χ0v) is 17.2. The Morgan fingerprint density at radius 3 is 2.68 bits per heavy atom. The van der Waals surface area contributed by atoms with Gasteiger partial charge < -0.3 is 24.8 Å². The van der Waals surface area contributed by atoms with Crippen LogP contribution in [-0.4, -0.2) is 76.2 Å². The Morgan fingerprint density at radius 2 is 1.93 bits per heavy atom. The summed E-state index contributed by atoms with van der Waals surface area (Å²) >= 11 is 0. The maximum absolute atomic E-state index is 12.4. The number of benzene rings is 1. The SMILES string of the molecule is CCCNC(=O)CN(C)C(=O)C[NH+]1CC[NH+](Cc2ccc3c(c2)CCO3)CC1. The molecule has 0 saturated carbocycles. The number of nitrogens with zero attached hydrogens (tertiary/aromatic N) is 1. The topological polar surface area (TPSA) is 67.5 Å². The fraction of sp³-hybridized carbons (Fsp3) is 0.619. The zero-order valence-electron chi connectivity index (χ0n) is 17.2. The summed E-state index contributed by atoms with van der Waals surface area (Å²) in [4.78, 5) is 28.6. The number of carbonyl (C=O) groups is 2. The van der Waals surface area contributed by atoms with Crippen molar-refractivity contribution in [3.63, 3.8) is 0 Å². The molecular weight excluding hydrogens is 356 g/mol. The number of rotatable bonds is 8. The second-order valence-corrected chi connectivity index (χ2v) is 7.99. The highest BCUT2D eigenvalue weighted by Gasteiger charge is 2.26. The molecule has 2 aliphatic heterocycles. The van der Waals surface area contributed by atoms with Gasteiger partial charge in [-0.2, -0.15) is 0 Å². The van der Waals surface area contributed by atoms with Gasteiger partial charge in [-0.15, -0.1) is 0 Å². The molecule has 3 N–H and O–H groups in total. The zero-order chi connectivity index (χ0) is 19.9. The van der Waals surface area contributed by atoms with Gasteiger partial charge in [-0.05, 0) is 30.2 Å². The number of piperazine rings is 1. The number of carbonyl (C=O) groups excluding carboxylic acids is 2. The molecule has 1 saturated heterocycles. The van der Waals surface area contributed by atoms with E-state index in [0.717, 1.165) is 57.9 Å². The first kappa shape index (κ1) is 20.6. The number of quaternary nitrogens is 2. The quantitative estimate of drug-likeness (QED) is 0.476. The van der Waals surface area contributed by atoms with Crippen LogP contribution in [0.5, 0.6) is 5.75 Å². The number of likely N-dealkylation sites (N-methyl/N-ethyl adjacent to an activating group) is 1. The minimum atomic E-state index is -0.0817. The molecule has 2 heterocycles. The summed E-state index contributed by atoms with van der Waals surface area (Å²) < 4.78 is 5.59. The smallest absolute Gasteiger partial charge is 0.277 e. The third-order valence-electron chi connectivity index (χ3n) is 5.65. The summed E-state index contributed by atoms with van der Waals surface area (Å²) in [6.07, 6.45) is 1.92. The van der Waals surface area contributed by atoms with Gasteiger partial charge in [0.1, 0.15) is 38.5 Å². The van der Waals surface area contributed by atoms with E-state index >= 15 is 0 Å². The van der Waals surface area contributed by atoms with E-state index in [4.69, 9.17) is 4.74 Å². The maximum atomic E-state index is 12.4. The summed E-state index contributed by atoms with van der Waals surface area (Å²) in [5, 5.41) is 2.82. The maximum Gasteiger partial charge on any atom is 0.277 e. The van der Waals surface area contributed by atoms with Crippen LogP contribution >= 0.6 is 0 Å². The predicted molar refractivity (Wildman–Crippen MR) is 107 cm³/mol. The molecule has 28 heavy (non-hydrogen) atoms. The van der Waals surface area contributed by atoms with Gasteiger partial charge in [-0.3, -0.25) is 9.59 Å². The lowest BCUT2D eigenvalue weighted by Crippen LogP contribution is -3.28. The molecule has 0 radical (unpaired) electrons. The summed E-state index contributed by atoms with van der Waals surface area (Å²) in [7, 11) is 1.71. The minimum Gasteiger partial charge on any atom is -0.493 e. The number of hydrogen-bond donors (Lipinski definition) is 3. The van der Waals surface area contributed by atoms with Crippen LogP contribution < -0.4 is 19.9 Å². The summed E-state index contributed by atoms with van der Waals surface area (Å²) in [5.74, 6) is 1.00. The lowest BCUT2D eigenvalue weighted by atomic mass is 10.1. The molecule has 0 unspecified atom stereocenters. The van der Waals surface area contributed by atoms with E-state index in [1.807, 2.05) is 6.92 Å². The van der Waals surface area contributed by atoms with Gasteiger partial charge in [0.2, 0.25) is 5.91 Å². The predicted octanol–water partition coefficient (Wildman–Crippen LogP) is -2.11. The van der Waals surface area contributed by atoms with E-state index in [9.17, 15) is 9.59 Å². The molecule has 7 heteroatoms. The van der Waals surface area contributed by atoms with Gasteiger partial charge in [-0.25, -0.2) is 0 Å². The van der Waals surface area contributed by atoms with Gasteiger partial charge >= 0.3 is 0 Å². The first-order chi connectivity index (χ1) is 13.5. The Bertz CT molecular complexity index is 686. The first-order valence-electron chi connectivity index (χ1n) is 10.5. The average molecular weight is 391 g/mol. The lowest BCUT2D eigenvalue weighted by Gasteiger charge is -2.30. The Kier molecular flexibility index (Phi) is 7.28. The third-order valence-corrected chi connectivity index (χ3v) is 5.65. The highest BCUT2D eigenvalue weighted by Crippen LogP contribution is 2.25. The van der Waals surface area contributed by atoms with Crippen LogP contribution in [0.3, 0.4) is 0 Å². The van der Waals surface area contributed by atoms with Crippen LogP contribution in [0.25, 0.3) is 0 Å². The molecule has 0 atom stereocenters. The summed E-state index contributed by atoms with van der Waals surface area (Å²) in [6, 6.07) is 6.57. The second-order valence-electron chi connectivity index (χ2n) is 7.99. The molecule has 3 rings (SSSR count). The molecule has 0 aromatic heterocycles. The van der Waals surface area contributed by atoms with Gasteiger partial charge in [0, 0.05) is 25.6 Å². The number of ether oxygens (including phenoxy) is 1. The van der Waals surface area contributed by atoms with Gasteiger partial charge in [0.25, 0.3) is 5.91 Å². The Morgan fingerprint density at radius 1 is 1.18 bits per heavy atom. The van der Waals surface area contributed by atoms with E-state index in [1.165, 1.54) is 16.0 Å². The standard InChI is InChI=1S/C21H32N4O3/c1-3-7-22-20(26)15-23(2)21(27)16-25-10-8-24(9-11-25)14-17-4-5-19-18(13-17)6-12-28-19/h4-5,13H,3,6-12,14-16H2,1-2H3,(H,22,26)/p+2. The Balaban J connectivity index is 1.39. The van der Waals surface area contributed by atoms with Gasteiger partial charge in [-0.1, -0.05) is 6.92 Å². The average Bonchev–Trinajstić information content (AvgIpc) is 3.15. The molecular formula is C21H34N4O3+2. The fourth-order valence-electron chi connectivity index (χ4n) is 3.92. The normalized spacial score (nSPS) is 20.9. The van der Waals surface area contributed by atoms with E-state index < -0.39 is 0 Å². The van der Waals surface area contributed by atoms with Crippen molar-refractivity contribution in [2.45, 2.75) is 26.3 Å². The molecule has 1 fully saturated rings. The molecule has 1 aromatic carbocycles. The third kappa shape index (κ3) is 5.69. The van der Waals surface area contributed by atoms with Crippen molar-refractivity contribution in [1.82, 2.24) is 10.2 Å². The van der Waals surface area contributed by atoms with Crippen LogP contribution in [0, 0.1) is 0 Å². The lowest BCUT2D eigenvalue weighted by molar-refractivity contribution is -1.02. The van der Waals surface area contributed by atoms with Crippen molar-refractivity contribution in [2.24, 2.45) is 0 Å².